The van der Waals surface area contributed by atoms with Gasteiger partial charge in [0.15, 0.2) is 0 Å². The van der Waals surface area contributed by atoms with Crippen molar-refractivity contribution in [1.82, 2.24) is 10.3 Å². The van der Waals surface area contributed by atoms with Gasteiger partial charge in [0.25, 0.3) is 0 Å². The average molecular weight is 272 g/mol. The van der Waals surface area contributed by atoms with Crippen molar-refractivity contribution in [3.05, 3.63) is 42.1 Å². The Hall–Kier alpha value is -1.45. The lowest BCUT2D eigenvalue weighted by molar-refractivity contribution is 0.00489. The summed E-state index contributed by atoms with van der Waals surface area (Å²) in [5.74, 6) is 0.436. The molecule has 108 valence electrons. The molecular weight excluding hydrogens is 248 g/mol. The van der Waals surface area contributed by atoms with Gasteiger partial charge in [-0.05, 0) is 31.5 Å². The van der Waals surface area contributed by atoms with E-state index in [2.05, 4.69) is 48.4 Å². The lowest BCUT2D eigenvalue weighted by Gasteiger charge is -2.30. The third kappa shape index (κ3) is 3.00. The fourth-order valence-corrected chi connectivity index (χ4v) is 2.74. The zero-order valence-electron chi connectivity index (χ0n) is 12.8. The summed E-state index contributed by atoms with van der Waals surface area (Å²) in [5, 5.41) is 4.58. The second-order valence-corrected chi connectivity index (χ2v) is 5.35. The molecule has 0 radical (unpaired) electrons. The van der Waals surface area contributed by atoms with E-state index in [9.17, 15) is 0 Å². The largest absolute Gasteiger partial charge is 0.376 e. The second-order valence-electron chi connectivity index (χ2n) is 5.35. The number of nitrogens with zero attached hydrogens (tertiary/aromatic N) is 1. The lowest BCUT2D eigenvalue weighted by atomic mass is 9.92. The van der Waals surface area contributed by atoms with Crippen LogP contribution in [0.4, 0.5) is 0 Å². The number of rotatable bonds is 6. The summed E-state index contributed by atoms with van der Waals surface area (Å²) in [4.78, 5) is 4.56. The zero-order chi connectivity index (χ0) is 14.5. The Morgan fingerprint density at radius 1 is 1.20 bits per heavy atom. The molecule has 1 aromatic heterocycles. The molecule has 0 fully saturated rings. The number of para-hydroxylation sites is 1. The Morgan fingerprint density at radius 3 is 2.60 bits per heavy atom. The average Bonchev–Trinajstić information content (AvgIpc) is 2.47. The van der Waals surface area contributed by atoms with Crippen molar-refractivity contribution in [2.75, 3.05) is 13.7 Å². The maximum atomic E-state index is 5.97. The summed E-state index contributed by atoms with van der Waals surface area (Å²) in [7, 11) is 1.99. The van der Waals surface area contributed by atoms with Crippen molar-refractivity contribution in [2.24, 2.45) is 5.92 Å². The van der Waals surface area contributed by atoms with Gasteiger partial charge in [0.1, 0.15) is 0 Å². The highest BCUT2D eigenvalue weighted by Crippen LogP contribution is 2.29. The predicted molar refractivity (Wildman–Crippen MR) is 83.8 cm³/mol. The highest BCUT2D eigenvalue weighted by atomic mass is 16.5. The van der Waals surface area contributed by atoms with Gasteiger partial charge < -0.3 is 10.1 Å². The number of benzene rings is 1. The molecule has 3 heteroatoms. The van der Waals surface area contributed by atoms with Crippen molar-refractivity contribution in [1.29, 1.82) is 0 Å². The minimum absolute atomic E-state index is 0.137. The fourth-order valence-electron chi connectivity index (χ4n) is 2.74. The van der Waals surface area contributed by atoms with Gasteiger partial charge in [-0.25, -0.2) is 0 Å². The normalized spacial score (nSPS) is 14.7. The topological polar surface area (TPSA) is 34.1 Å². The fraction of sp³-hybridized carbons (Fsp3) is 0.471. The molecule has 0 aliphatic rings. The van der Waals surface area contributed by atoms with Crippen molar-refractivity contribution in [3.63, 3.8) is 0 Å². The Balaban J connectivity index is 2.48. The highest BCUT2D eigenvalue weighted by molar-refractivity contribution is 5.82. The van der Waals surface area contributed by atoms with Crippen molar-refractivity contribution < 1.29 is 4.74 Å². The Labute approximate surface area is 121 Å². The molecule has 1 aromatic carbocycles. The first-order valence-electron chi connectivity index (χ1n) is 7.31. The summed E-state index contributed by atoms with van der Waals surface area (Å²) < 4.78 is 5.97. The maximum Gasteiger partial charge on any atom is 0.0793 e. The van der Waals surface area contributed by atoms with Gasteiger partial charge in [0.05, 0.1) is 17.7 Å². The minimum Gasteiger partial charge on any atom is -0.376 e. The third-order valence-corrected chi connectivity index (χ3v) is 3.65. The molecule has 3 nitrogen and oxygen atoms in total. The van der Waals surface area contributed by atoms with Crippen LogP contribution in [0.5, 0.6) is 0 Å². The number of likely N-dealkylation sites (N-methyl/N-ethyl adjacent to an activating group) is 1. The van der Waals surface area contributed by atoms with Gasteiger partial charge >= 0.3 is 0 Å². The summed E-state index contributed by atoms with van der Waals surface area (Å²) in [6.45, 7) is 7.16. The van der Waals surface area contributed by atoms with Gasteiger partial charge in [0, 0.05) is 18.2 Å². The number of hydrogen-bond donors (Lipinski definition) is 1. The monoisotopic (exact) mass is 272 g/mol. The summed E-state index contributed by atoms with van der Waals surface area (Å²) in [6.07, 6.45) is 1.99. The zero-order valence-corrected chi connectivity index (χ0v) is 12.8. The summed E-state index contributed by atoms with van der Waals surface area (Å²) in [5.41, 5.74) is 2.26. The van der Waals surface area contributed by atoms with E-state index >= 15 is 0 Å². The van der Waals surface area contributed by atoms with Crippen LogP contribution in [0.25, 0.3) is 10.9 Å². The van der Waals surface area contributed by atoms with Crippen molar-refractivity contribution >= 4 is 10.9 Å². The Morgan fingerprint density at radius 2 is 1.95 bits per heavy atom. The van der Waals surface area contributed by atoms with Crippen LogP contribution in [-0.2, 0) is 4.74 Å². The minimum atomic E-state index is 0.137. The van der Waals surface area contributed by atoms with Crippen LogP contribution in [0.3, 0.4) is 0 Å². The van der Waals surface area contributed by atoms with Crippen LogP contribution in [0.15, 0.2) is 36.5 Å². The number of aromatic nitrogens is 1. The van der Waals surface area contributed by atoms with Crippen LogP contribution < -0.4 is 5.32 Å². The molecule has 2 unspecified atom stereocenters. The number of pyridine rings is 1. The number of ether oxygens (including phenoxy) is 1. The molecule has 0 saturated heterocycles. The second kappa shape index (κ2) is 6.82. The predicted octanol–water partition coefficient (Wildman–Crippen LogP) is 3.56. The van der Waals surface area contributed by atoms with E-state index < -0.39 is 0 Å². The van der Waals surface area contributed by atoms with Gasteiger partial charge in [-0.1, -0.05) is 38.1 Å². The lowest BCUT2D eigenvalue weighted by Crippen LogP contribution is -2.35. The van der Waals surface area contributed by atoms with Gasteiger partial charge in [-0.3, -0.25) is 4.98 Å². The van der Waals surface area contributed by atoms with E-state index in [0.29, 0.717) is 5.92 Å². The van der Waals surface area contributed by atoms with E-state index in [4.69, 9.17) is 4.74 Å². The van der Waals surface area contributed by atoms with Crippen LogP contribution in [0, 0.1) is 5.92 Å². The Kier molecular flexibility index (Phi) is 5.10. The van der Waals surface area contributed by atoms with Gasteiger partial charge in [-0.2, -0.15) is 0 Å². The molecule has 1 heterocycles. The molecule has 0 aliphatic carbocycles. The van der Waals surface area contributed by atoms with Gasteiger partial charge in [-0.15, -0.1) is 0 Å². The quantitative estimate of drug-likeness (QED) is 0.873. The number of nitrogens with one attached hydrogen (secondary N) is 1. The molecule has 2 rings (SSSR count). The molecule has 2 aromatic rings. The summed E-state index contributed by atoms with van der Waals surface area (Å²) in [6, 6.07) is 10.6. The number of hydrogen-bond acceptors (Lipinski definition) is 3. The van der Waals surface area contributed by atoms with Crippen molar-refractivity contribution in [3.8, 4) is 0 Å². The molecule has 0 saturated carbocycles. The molecule has 2 atom stereocenters. The highest BCUT2D eigenvalue weighted by Gasteiger charge is 2.26. The first kappa shape index (κ1) is 14.9. The van der Waals surface area contributed by atoms with Crippen LogP contribution in [-0.4, -0.2) is 24.7 Å². The van der Waals surface area contributed by atoms with E-state index in [0.717, 1.165) is 12.1 Å². The summed E-state index contributed by atoms with van der Waals surface area (Å²) >= 11 is 0. The van der Waals surface area contributed by atoms with Crippen LogP contribution in [0.2, 0.25) is 0 Å². The molecular formula is C17H24N2O. The van der Waals surface area contributed by atoms with Gasteiger partial charge in [0.2, 0.25) is 0 Å². The van der Waals surface area contributed by atoms with Crippen molar-refractivity contribution in [2.45, 2.75) is 32.9 Å². The first-order chi connectivity index (χ1) is 9.69. The smallest absolute Gasteiger partial charge is 0.0793 e. The third-order valence-electron chi connectivity index (χ3n) is 3.65. The van der Waals surface area contributed by atoms with E-state index in [1.807, 2.05) is 26.2 Å². The van der Waals surface area contributed by atoms with Crippen LogP contribution in [0.1, 0.15) is 32.4 Å². The van der Waals surface area contributed by atoms with E-state index in [-0.39, 0.29) is 12.1 Å². The maximum absolute atomic E-state index is 5.97. The SMILES string of the molecule is CCOC(C(C)C)C(NC)c1cccc2cccnc12. The molecule has 0 amide bonds. The Bertz CT molecular complexity index is 548. The molecule has 1 N–H and O–H groups in total. The van der Waals surface area contributed by atoms with E-state index in [1.165, 1.54) is 10.9 Å². The number of fused-ring (bicyclic) bond motifs is 1. The first-order valence-corrected chi connectivity index (χ1v) is 7.31. The van der Waals surface area contributed by atoms with E-state index in [1.54, 1.807) is 0 Å². The molecule has 0 aliphatic heterocycles. The van der Waals surface area contributed by atoms with Crippen LogP contribution >= 0.6 is 0 Å². The molecule has 0 spiro atoms. The molecule has 20 heavy (non-hydrogen) atoms. The molecule has 0 bridgehead atoms. The standard InChI is InChI=1S/C17H24N2O/c1-5-20-17(12(2)3)16(18-4)14-10-6-8-13-9-7-11-19-15(13)14/h6-12,16-18H,5H2,1-4H3.